The van der Waals surface area contributed by atoms with Crippen LogP contribution in [0.4, 0.5) is 0 Å². The van der Waals surface area contributed by atoms with E-state index in [0.29, 0.717) is 6.42 Å². The first kappa shape index (κ1) is 10.0. The molecule has 0 bridgehead atoms. The van der Waals surface area contributed by atoms with Crippen molar-refractivity contribution in [3.63, 3.8) is 0 Å². The second kappa shape index (κ2) is 3.75. The van der Waals surface area contributed by atoms with Gasteiger partial charge in [0, 0.05) is 0 Å². The molecule has 1 N–H and O–H groups in total. The lowest BCUT2D eigenvalue weighted by Crippen LogP contribution is -2.19. The minimum absolute atomic E-state index is 0.579. The Balaban J connectivity index is 2.93. The van der Waals surface area contributed by atoms with Crippen LogP contribution in [0.3, 0.4) is 0 Å². The molecular formula is C12H16O. The highest BCUT2D eigenvalue weighted by molar-refractivity contribution is 5.26. The summed E-state index contributed by atoms with van der Waals surface area (Å²) in [6, 6.07) is 7.93. The first-order valence-corrected chi connectivity index (χ1v) is 4.47. The Labute approximate surface area is 79.7 Å². The Morgan fingerprint density at radius 1 is 1.38 bits per heavy atom. The molecule has 0 aliphatic rings. The van der Waals surface area contributed by atoms with Gasteiger partial charge in [-0.15, -0.1) is 6.58 Å². The van der Waals surface area contributed by atoms with E-state index in [0.717, 1.165) is 5.56 Å². The van der Waals surface area contributed by atoms with Gasteiger partial charge < -0.3 is 5.11 Å². The highest BCUT2D eigenvalue weighted by Gasteiger charge is 2.20. The van der Waals surface area contributed by atoms with Crippen LogP contribution >= 0.6 is 0 Å². The highest BCUT2D eigenvalue weighted by atomic mass is 16.3. The zero-order valence-electron chi connectivity index (χ0n) is 8.25. The summed E-state index contributed by atoms with van der Waals surface area (Å²) in [7, 11) is 0. The van der Waals surface area contributed by atoms with Crippen LogP contribution < -0.4 is 0 Å². The van der Waals surface area contributed by atoms with E-state index in [-0.39, 0.29) is 0 Å². The summed E-state index contributed by atoms with van der Waals surface area (Å²) in [6.45, 7) is 7.47. The summed E-state index contributed by atoms with van der Waals surface area (Å²) in [6.07, 6.45) is 2.32. The molecule has 0 amide bonds. The van der Waals surface area contributed by atoms with Crippen LogP contribution in [0.5, 0.6) is 0 Å². The van der Waals surface area contributed by atoms with Gasteiger partial charge in [-0.25, -0.2) is 0 Å². The van der Waals surface area contributed by atoms with Crippen molar-refractivity contribution in [1.82, 2.24) is 0 Å². The summed E-state index contributed by atoms with van der Waals surface area (Å²) in [5.41, 5.74) is 1.37. The van der Waals surface area contributed by atoms with Gasteiger partial charge in [0.05, 0.1) is 5.60 Å². The fourth-order valence-corrected chi connectivity index (χ4v) is 1.31. The van der Waals surface area contributed by atoms with Crippen LogP contribution in [-0.2, 0) is 5.60 Å². The normalized spacial score (nSPS) is 15.0. The Kier molecular flexibility index (Phi) is 2.89. The Morgan fingerprint density at radius 3 is 2.38 bits per heavy atom. The highest BCUT2D eigenvalue weighted by Crippen LogP contribution is 2.24. The minimum Gasteiger partial charge on any atom is -0.385 e. The van der Waals surface area contributed by atoms with Crippen LogP contribution in [0.25, 0.3) is 0 Å². The summed E-state index contributed by atoms with van der Waals surface area (Å²) in [5.74, 6) is 0. The average Bonchev–Trinajstić information content (AvgIpc) is 2.05. The zero-order chi connectivity index (χ0) is 9.90. The van der Waals surface area contributed by atoms with E-state index in [2.05, 4.69) is 6.58 Å². The van der Waals surface area contributed by atoms with Gasteiger partial charge in [-0.1, -0.05) is 35.9 Å². The molecule has 0 aromatic heterocycles. The maximum atomic E-state index is 10.0. The molecule has 1 nitrogen and oxygen atoms in total. The second-order valence-corrected chi connectivity index (χ2v) is 3.63. The van der Waals surface area contributed by atoms with E-state index < -0.39 is 5.60 Å². The van der Waals surface area contributed by atoms with Crippen LogP contribution in [0.15, 0.2) is 36.9 Å². The topological polar surface area (TPSA) is 20.2 Å². The second-order valence-electron chi connectivity index (χ2n) is 3.63. The molecule has 0 saturated carbocycles. The molecule has 1 aromatic rings. The third kappa shape index (κ3) is 2.43. The average molecular weight is 176 g/mol. The van der Waals surface area contributed by atoms with Crippen LogP contribution in [0, 0.1) is 6.92 Å². The van der Waals surface area contributed by atoms with E-state index in [1.54, 1.807) is 13.0 Å². The van der Waals surface area contributed by atoms with E-state index in [1.807, 2.05) is 31.2 Å². The smallest absolute Gasteiger partial charge is 0.0902 e. The maximum Gasteiger partial charge on any atom is 0.0902 e. The molecular weight excluding hydrogens is 160 g/mol. The Bertz CT molecular complexity index is 282. The molecule has 0 aliphatic carbocycles. The predicted molar refractivity (Wildman–Crippen MR) is 55.6 cm³/mol. The van der Waals surface area contributed by atoms with Gasteiger partial charge in [-0.3, -0.25) is 0 Å². The lowest BCUT2D eigenvalue weighted by Gasteiger charge is -2.22. The fraction of sp³-hybridized carbons (Fsp3) is 0.333. The van der Waals surface area contributed by atoms with Crippen molar-refractivity contribution in [1.29, 1.82) is 0 Å². The number of benzene rings is 1. The van der Waals surface area contributed by atoms with Crippen molar-refractivity contribution in [3.05, 3.63) is 48.0 Å². The largest absolute Gasteiger partial charge is 0.385 e. The Hall–Kier alpha value is -1.08. The molecule has 1 aromatic carbocycles. The molecule has 1 unspecified atom stereocenters. The third-order valence-corrected chi connectivity index (χ3v) is 2.22. The molecule has 13 heavy (non-hydrogen) atoms. The SMILES string of the molecule is C=CCC(C)(O)c1ccc(C)cc1. The van der Waals surface area contributed by atoms with Crippen molar-refractivity contribution in [2.75, 3.05) is 0 Å². The molecule has 0 fully saturated rings. The van der Waals surface area contributed by atoms with Gasteiger partial charge in [0.25, 0.3) is 0 Å². The first-order valence-electron chi connectivity index (χ1n) is 4.47. The van der Waals surface area contributed by atoms with E-state index in [4.69, 9.17) is 0 Å². The van der Waals surface area contributed by atoms with Gasteiger partial charge in [-0.05, 0) is 25.8 Å². The van der Waals surface area contributed by atoms with Crippen LogP contribution in [0.2, 0.25) is 0 Å². The predicted octanol–water partition coefficient (Wildman–Crippen LogP) is 2.78. The van der Waals surface area contributed by atoms with Gasteiger partial charge in [0.15, 0.2) is 0 Å². The van der Waals surface area contributed by atoms with Crippen molar-refractivity contribution >= 4 is 0 Å². The fourth-order valence-electron chi connectivity index (χ4n) is 1.31. The number of hydrogen-bond acceptors (Lipinski definition) is 1. The molecule has 0 aliphatic heterocycles. The summed E-state index contributed by atoms with van der Waals surface area (Å²) >= 11 is 0. The molecule has 0 heterocycles. The number of hydrogen-bond donors (Lipinski definition) is 1. The molecule has 0 saturated heterocycles. The maximum absolute atomic E-state index is 10.0. The Morgan fingerprint density at radius 2 is 1.92 bits per heavy atom. The number of rotatable bonds is 3. The quantitative estimate of drug-likeness (QED) is 0.702. The number of aryl methyl sites for hydroxylation is 1. The van der Waals surface area contributed by atoms with Gasteiger partial charge in [-0.2, -0.15) is 0 Å². The van der Waals surface area contributed by atoms with Crippen molar-refractivity contribution in [2.45, 2.75) is 25.9 Å². The van der Waals surface area contributed by atoms with Crippen molar-refractivity contribution in [2.24, 2.45) is 0 Å². The van der Waals surface area contributed by atoms with Gasteiger partial charge in [0.1, 0.15) is 0 Å². The zero-order valence-corrected chi connectivity index (χ0v) is 8.25. The summed E-state index contributed by atoms with van der Waals surface area (Å²) < 4.78 is 0. The van der Waals surface area contributed by atoms with Crippen molar-refractivity contribution in [3.8, 4) is 0 Å². The number of aliphatic hydroxyl groups is 1. The van der Waals surface area contributed by atoms with E-state index in [1.165, 1.54) is 5.56 Å². The first-order chi connectivity index (χ1) is 6.06. The standard InChI is InChI=1S/C12H16O/c1-4-9-12(3,13)11-7-5-10(2)6-8-11/h4-8,13H,1,9H2,2-3H3. The van der Waals surface area contributed by atoms with Crippen LogP contribution in [0.1, 0.15) is 24.5 Å². The van der Waals surface area contributed by atoms with E-state index >= 15 is 0 Å². The third-order valence-electron chi connectivity index (χ3n) is 2.22. The summed E-state index contributed by atoms with van der Waals surface area (Å²) in [4.78, 5) is 0. The molecule has 0 spiro atoms. The minimum atomic E-state index is -0.782. The molecule has 70 valence electrons. The monoisotopic (exact) mass is 176 g/mol. The summed E-state index contributed by atoms with van der Waals surface area (Å²) in [5, 5.41) is 10.0. The van der Waals surface area contributed by atoms with Gasteiger partial charge in [0.2, 0.25) is 0 Å². The molecule has 0 radical (unpaired) electrons. The molecule has 1 heteroatoms. The van der Waals surface area contributed by atoms with Crippen molar-refractivity contribution < 1.29 is 5.11 Å². The van der Waals surface area contributed by atoms with E-state index in [9.17, 15) is 5.11 Å². The molecule has 1 rings (SSSR count). The van der Waals surface area contributed by atoms with Crippen LogP contribution in [-0.4, -0.2) is 5.11 Å². The molecule has 1 atom stereocenters. The lowest BCUT2D eigenvalue weighted by molar-refractivity contribution is 0.0606. The van der Waals surface area contributed by atoms with Gasteiger partial charge >= 0.3 is 0 Å². The lowest BCUT2D eigenvalue weighted by atomic mass is 9.92.